The monoisotopic (exact) mass is 636 g/mol. The van der Waals surface area contributed by atoms with Gasteiger partial charge in [-0.2, -0.15) is 0 Å². The molecular weight excluding hydrogens is 597 g/mol. The summed E-state index contributed by atoms with van der Waals surface area (Å²) < 4.78 is 4.54. The lowest BCUT2D eigenvalue weighted by atomic mass is 10.0. The Bertz CT molecular complexity index is 2410. The average Bonchev–Trinajstić information content (AvgIpc) is 3.74. The van der Waals surface area contributed by atoms with Crippen LogP contribution in [-0.4, -0.2) is 19.1 Å². The number of benzene rings is 4. The van der Waals surface area contributed by atoms with Crippen LogP contribution in [0.1, 0.15) is 20.8 Å². The van der Waals surface area contributed by atoms with Crippen molar-refractivity contribution in [3.05, 3.63) is 183 Å². The average molecular weight is 637 g/mol. The van der Waals surface area contributed by atoms with Crippen LogP contribution >= 0.6 is 0 Å². The smallest absolute Gasteiger partial charge is 0.138 e. The van der Waals surface area contributed by atoms with Crippen LogP contribution in [0.2, 0.25) is 0 Å². The molecule has 4 heteroatoms. The summed E-state index contributed by atoms with van der Waals surface area (Å²) in [5, 5.41) is 6.16. The quantitative estimate of drug-likeness (QED) is 0.176. The van der Waals surface area contributed by atoms with Gasteiger partial charge in [-0.3, -0.25) is 9.55 Å². The van der Waals surface area contributed by atoms with Gasteiger partial charge >= 0.3 is 0 Å². The molecule has 0 spiro atoms. The maximum absolute atomic E-state index is 4.81. The van der Waals surface area contributed by atoms with Crippen molar-refractivity contribution < 1.29 is 0 Å². The molecule has 0 unspecified atom stereocenters. The molecule has 0 aliphatic heterocycles. The van der Waals surface area contributed by atoms with E-state index in [9.17, 15) is 0 Å². The van der Waals surface area contributed by atoms with Crippen LogP contribution in [0.4, 0.5) is 0 Å². The number of para-hydroxylation sites is 2. The largest absolute Gasteiger partial charge is 0.317 e. The molecule has 0 atom stereocenters. The van der Waals surface area contributed by atoms with Gasteiger partial charge in [0.05, 0.1) is 16.6 Å². The molecule has 8 aromatic rings. The first-order chi connectivity index (χ1) is 24.2. The van der Waals surface area contributed by atoms with Crippen molar-refractivity contribution in [3.8, 4) is 22.6 Å². The summed E-state index contributed by atoms with van der Waals surface area (Å²) >= 11 is 0. The first kappa shape index (κ1) is 32.7. The third kappa shape index (κ3) is 6.90. The van der Waals surface area contributed by atoms with Crippen molar-refractivity contribution >= 4 is 43.5 Å². The predicted octanol–water partition coefficient (Wildman–Crippen LogP) is 12.2. The molecule has 0 bridgehead atoms. The topological polar surface area (TPSA) is 35.6 Å². The zero-order valence-electron chi connectivity index (χ0n) is 28.2. The van der Waals surface area contributed by atoms with Crippen LogP contribution in [0, 0.1) is 0 Å². The number of hydrogen-bond acceptors (Lipinski definition) is 2. The molecule has 4 heterocycles. The van der Waals surface area contributed by atoms with Gasteiger partial charge in [0.2, 0.25) is 0 Å². The van der Waals surface area contributed by atoms with Crippen molar-refractivity contribution in [3.63, 3.8) is 0 Å². The second kappa shape index (κ2) is 15.6. The second-order valence-corrected chi connectivity index (χ2v) is 11.4. The lowest BCUT2D eigenvalue weighted by Gasteiger charge is -2.10. The third-order valence-electron chi connectivity index (χ3n) is 8.31. The highest BCUT2D eigenvalue weighted by atomic mass is 15.1. The third-order valence-corrected chi connectivity index (χ3v) is 8.31. The molecule has 0 saturated carbocycles. The number of fused-ring (bicyclic) bond motifs is 6. The van der Waals surface area contributed by atoms with E-state index >= 15 is 0 Å². The molecule has 240 valence electrons. The summed E-state index contributed by atoms with van der Waals surface area (Å²) in [6.45, 7) is 9.42. The highest BCUT2D eigenvalue weighted by Crippen LogP contribution is 2.37. The standard InChI is InChI=1S/C34H22N4.C6H10.C5H8/c1-2-8-26(9-3-1)37-18-15-28-29-21-30-27-10-4-5-11-32(27)38(33(30)19-24(29)12-13-31(28)37)34-20-23(14-17-36-34)25-7-6-16-35-22-25;1-3-5-6-4-2;1-3-5-4-2/h1-22H;3-6H,1-2H3;3-5H,1H2,2H3/b;5-3-,6-4-;5-4-. The molecule has 49 heavy (non-hydrogen) atoms. The SMILES string of the molecule is C/C=C\C=C/C.C=C/C=C\C.c1ccc(-n2ccc3c4cc5c6ccccc6n(-c6cc(-c7cccnc7)ccn6)c5cc4ccc32)cc1. The van der Waals surface area contributed by atoms with Gasteiger partial charge < -0.3 is 4.57 Å². The maximum Gasteiger partial charge on any atom is 0.138 e. The van der Waals surface area contributed by atoms with E-state index in [0.717, 1.165) is 28.0 Å². The van der Waals surface area contributed by atoms with Crippen LogP contribution in [0.3, 0.4) is 0 Å². The van der Waals surface area contributed by atoms with Crippen LogP contribution in [0.25, 0.3) is 66.1 Å². The van der Waals surface area contributed by atoms with Gasteiger partial charge in [0.15, 0.2) is 0 Å². The van der Waals surface area contributed by atoms with Crippen molar-refractivity contribution in [1.29, 1.82) is 0 Å². The molecule has 4 nitrogen and oxygen atoms in total. The number of pyridine rings is 2. The Morgan fingerprint density at radius 2 is 1.33 bits per heavy atom. The van der Waals surface area contributed by atoms with Gasteiger partial charge in [0.1, 0.15) is 5.82 Å². The Morgan fingerprint density at radius 3 is 2.04 bits per heavy atom. The zero-order valence-corrected chi connectivity index (χ0v) is 28.2. The van der Waals surface area contributed by atoms with Gasteiger partial charge in [-0.25, -0.2) is 4.98 Å². The van der Waals surface area contributed by atoms with E-state index in [2.05, 4.69) is 124 Å². The fourth-order valence-corrected chi connectivity index (χ4v) is 6.09. The first-order valence-electron chi connectivity index (χ1n) is 16.6. The van der Waals surface area contributed by atoms with E-state index in [1.165, 1.54) is 38.1 Å². The fourth-order valence-electron chi connectivity index (χ4n) is 6.09. The van der Waals surface area contributed by atoms with Gasteiger partial charge in [-0.1, -0.05) is 97.6 Å². The molecule has 0 N–H and O–H groups in total. The van der Waals surface area contributed by atoms with Crippen LogP contribution in [0.5, 0.6) is 0 Å². The molecule has 0 amide bonds. The van der Waals surface area contributed by atoms with Crippen molar-refractivity contribution in [2.45, 2.75) is 20.8 Å². The molecule has 0 radical (unpaired) electrons. The first-order valence-corrected chi connectivity index (χ1v) is 16.6. The van der Waals surface area contributed by atoms with Crippen LogP contribution in [-0.2, 0) is 0 Å². The van der Waals surface area contributed by atoms with Crippen molar-refractivity contribution in [2.24, 2.45) is 0 Å². The number of allylic oxidation sites excluding steroid dienone is 7. The van der Waals surface area contributed by atoms with Gasteiger partial charge in [-0.15, -0.1) is 0 Å². The van der Waals surface area contributed by atoms with E-state index in [4.69, 9.17) is 4.98 Å². The number of nitrogens with zero attached hydrogens (tertiary/aromatic N) is 4. The summed E-state index contributed by atoms with van der Waals surface area (Å²) in [7, 11) is 0. The molecule has 0 fully saturated rings. The molecule has 4 aromatic heterocycles. The fraction of sp³-hybridized carbons (Fsp3) is 0.0667. The van der Waals surface area contributed by atoms with Gasteiger partial charge in [0, 0.05) is 52.2 Å². The highest BCUT2D eigenvalue weighted by Gasteiger charge is 2.16. The van der Waals surface area contributed by atoms with Gasteiger partial charge in [-0.05, 0) is 97.8 Å². The lowest BCUT2D eigenvalue weighted by Crippen LogP contribution is -1.97. The van der Waals surface area contributed by atoms with Crippen molar-refractivity contribution in [2.75, 3.05) is 0 Å². The van der Waals surface area contributed by atoms with Crippen LogP contribution in [0.15, 0.2) is 183 Å². The second-order valence-electron chi connectivity index (χ2n) is 11.4. The number of aromatic nitrogens is 4. The molecule has 0 saturated heterocycles. The Labute approximate surface area is 288 Å². The molecular formula is C45H40N4. The molecule has 0 aliphatic carbocycles. The summed E-state index contributed by atoms with van der Waals surface area (Å²) in [6.07, 6.45) is 21.3. The Kier molecular flexibility index (Phi) is 10.4. The van der Waals surface area contributed by atoms with E-state index < -0.39 is 0 Å². The zero-order chi connectivity index (χ0) is 34.0. The normalized spacial score (nSPS) is 11.4. The Hall–Kier alpha value is -6.26. The number of hydrogen-bond donors (Lipinski definition) is 0. The maximum atomic E-state index is 4.81. The Balaban J connectivity index is 0.000000332. The lowest BCUT2D eigenvalue weighted by molar-refractivity contribution is 1.08. The van der Waals surface area contributed by atoms with E-state index in [1.54, 1.807) is 12.3 Å². The number of rotatable bonds is 5. The predicted molar refractivity (Wildman–Crippen MR) is 211 cm³/mol. The van der Waals surface area contributed by atoms with E-state index in [0.29, 0.717) is 0 Å². The summed E-state index contributed by atoms with van der Waals surface area (Å²) in [5.74, 6) is 0.896. The summed E-state index contributed by atoms with van der Waals surface area (Å²) in [5.41, 5.74) is 6.84. The minimum Gasteiger partial charge on any atom is -0.317 e. The minimum atomic E-state index is 0.896. The van der Waals surface area contributed by atoms with Crippen LogP contribution < -0.4 is 0 Å². The minimum absolute atomic E-state index is 0.896. The van der Waals surface area contributed by atoms with Gasteiger partial charge in [0.25, 0.3) is 0 Å². The van der Waals surface area contributed by atoms with E-state index in [-0.39, 0.29) is 0 Å². The molecule has 8 rings (SSSR count). The highest BCUT2D eigenvalue weighted by molar-refractivity contribution is 6.18. The van der Waals surface area contributed by atoms with E-state index in [1.807, 2.05) is 81.8 Å². The summed E-state index contributed by atoms with van der Waals surface area (Å²) in [6, 6.07) is 38.7. The summed E-state index contributed by atoms with van der Waals surface area (Å²) in [4.78, 5) is 9.12. The Morgan fingerprint density at radius 1 is 0.571 bits per heavy atom. The molecule has 4 aromatic carbocycles. The van der Waals surface area contributed by atoms with Crippen molar-refractivity contribution in [1.82, 2.24) is 19.1 Å². The molecule has 0 aliphatic rings.